The number of alkyl halides is 3. The molecule has 0 heterocycles. The number of rotatable bonds is 5. The van der Waals surface area contributed by atoms with Gasteiger partial charge in [0.1, 0.15) is 12.4 Å². The fourth-order valence-corrected chi connectivity index (χ4v) is 3.40. The minimum atomic E-state index is -4.62. The maximum absolute atomic E-state index is 13.0. The normalized spacial score (nSPS) is 12.0. The first-order valence-electron chi connectivity index (χ1n) is 6.69. The molecule has 134 valence electrons. The van der Waals surface area contributed by atoms with Crippen LogP contribution in [0.4, 0.5) is 23.2 Å². The van der Waals surface area contributed by atoms with Gasteiger partial charge in [-0.3, -0.25) is 9.10 Å². The van der Waals surface area contributed by atoms with E-state index in [9.17, 15) is 30.8 Å². The molecule has 0 atom stereocenters. The summed E-state index contributed by atoms with van der Waals surface area (Å²) in [5.41, 5.74) is -1.27. The van der Waals surface area contributed by atoms with Gasteiger partial charge in [0.05, 0.1) is 16.1 Å². The highest BCUT2D eigenvalue weighted by Gasteiger charge is 2.32. The first-order valence-corrected chi connectivity index (χ1v) is 8.13. The van der Waals surface area contributed by atoms with Gasteiger partial charge >= 0.3 is 12.1 Å². The Morgan fingerprint density at radius 3 is 1.96 bits per heavy atom. The van der Waals surface area contributed by atoms with Crippen LogP contribution in [-0.2, 0) is 21.0 Å². The topological polar surface area (TPSA) is 74.7 Å². The molecule has 10 heteroatoms. The summed E-state index contributed by atoms with van der Waals surface area (Å²) < 4.78 is 76.4. The summed E-state index contributed by atoms with van der Waals surface area (Å²) in [6.45, 7) is -1.01. The largest absolute Gasteiger partial charge is 0.480 e. The van der Waals surface area contributed by atoms with Gasteiger partial charge in [0, 0.05) is 0 Å². The van der Waals surface area contributed by atoms with Crippen molar-refractivity contribution in [2.45, 2.75) is 11.1 Å². The highest BCUT2D eigenvalue weighted by Crippen LogP contribution is 2.31. The van der Waals surface area contributed by atoms with Crippen LogP contribution in [0.1, 0.15) is 5.56 Å². The van der Waals surface area contributed by atoms with Gasteiger partial charge in [-0.15, -0.1) is 0 Å². The molecule has 0 radical (unpaired) electrons. The number of carboxylic acids is 1. The third-order valence-corrected chi connectivity index (χ3v) is 4.95. The number of nitrogens with zero attached hydrogens (tertiary/aromatic N) is 1. The van der Waals surface area contributed by atoms with Crippen molar-refractivity contribution in [3.8, 4) is 0 Å². The Morgan fingerprint density at radius 1 is 1.00 bits per heavy atom. The smallest absolute Gasteiger partial charge is 0.416 e. The Bertz CT molecular complexity index is 862. The average Bonchev–Trinajstić information content (AvgIpc) is 2.52. The van der Waals surface area contributed by atoms with Gasteiger partial charge in [-0.05, 0) is 48.5 Å². The molecular formula is C15H11F4NO4S. The molecule has 0 aromatic heterocycles. The van der Waals surface area contributed by atoms with Gasteiger partial charge in [0.25, 0.3) is 10.0 Å². The van der Waals surface area contributed by atoms with Crippen LogP contribution in [0, 0.1) is 5.82 Å². The quantitative estimate of drug-likeness (QED) is 0.813. The molecule has 0 unspecified atom stereocenters. The molecule has 25 heavy (non-hydrogen) atoms. The monoisotopic (exact) mass is 377 g/mol. The SMILES string of the molecule is O=C(O)CN(c1ccc(C(F)(F)F)cc1)S(=O)(=O)c1ccc(F)cc1. The van der Waals surface area contributed by atoms with Crippen LogP contribution in [0.5, 0.6) is 0 Å². The predicted molar refractivity (Wildman–Crippen MR) is 80.0 cm³/mol. The van der Waals surface area contributed by atoms with E-state index >= 15 is 0 Å². The summed E-state index contributed by atoms with van der Waals surface area (Å²) in [5.74, 6) is -2.20. The second-order valence-corrected chi connectivity index (χ2v) is 6.77. The van der Waals surface area contributed by atoms with Crippen LogP contribution < -0.4 is 4.31 Å². The molecular weight excluding hydrogens is 366 g/mol. The highest BCUT2D eigenvalue weighted by molar-refractivity contribution is 7.92. The van der Waals surface area contributed by atoms with E-state index in [-0.39, 0.29) is 5.69 Å². The molecule has 0 amide bonds. The number of anilines is 1. The number of sulfonamides is 1. The van der Waals surface area contributed by atoms with Crippen molar-refractivity contribution in [2.24, 2.45) is 0 Å². The van der Waals surface area contributed by atoms with E-state index in [1.807, 2.05) is 0 Å². The number of hydrogen-bond donors (Lipinski definition) is 1. The number of carbonyl (C=O) groups is 1. The Kier molecular flexibility index (Phi) is 5.02. The van der Waals surface area contributed by atoms with Crippen LogP contribution in [0.3, 0.4) is 0 Å². The summed E-state index contributed by atoms with van der Waals surface area (Å²) in [6.07, 6.45) is -4.62. The van der Waals surface area contributed by atoms with Crippen LogP contribution in [-0.4, -0.2) is 26.0 Å². The minimum Gasteiger partial charge on any atom is -0.480 e. The Balaban J connectivity index is 2.49. The van der Waals surface area contributed by atoms with Crippen LogP contribution in [0.2, 0.25) is 0 Å². The molecule has 0 aliphatic carbocycles. The summed E-state index contributed by atoms with van der Waals surface area (Å²) in [6, 6.07) is 6.61. The molecule has 2 aromatic carbocycles. The molecule has 0 aliphatic rings. The van der Waals surface area contributed by atoms with Crippen LogP contribution in [0.25, 0.3) is 0 Å². The number of benzene rings is 2. The van der Waals surface area contributed by atoms with Gasteiger partial charge in [-0.25, -0.2) is 12.8 Å². The summed E-state index contributed by atoms with van der Waals surface area (Å²) in [4.78, 5) is 10.6. The van der Waals surface area contributed by atoms with E-state index in [0.29, 0.717) is 16.4 Å². The summed E-state index contributed by atoms with van der Waals surface area (Å²) >= 11 is 0. The van der Waals surface area contributed by atoms with E-state index < -0.39 is 45.0 Å². The predicted octanol–water partition coefficient (Wildman–Crippen LogP) is 3.12. The third-order valence-electron chi connectivity index (χ3n) is 3.16. The fourth-order valence-electron chi connectivity index (χ4n) is 1.99. The van der Waals surface area contributed by atoms with Gasteiger partial charge < -0.3 is 5.11 Å². The lowest BCUT2D eigenvalue weighted by Crippen LogP contribution is -2.35. The molecule has 0 spiro atoms. The van der Waals surface area contributed by atoms with Crippen molar-refractivity contribution < 1.29 is 35.9 Å². The van der Waals surface area contributed by atoms with Crippen LogP contribution >= 0.6 is 0 Å². The Hall–Kier alpha value is -2.62. The van der Waals surface area contributed by atoms with Crippen molar-refractivity contribution in [1.82, 2.24) is 0 Å². The van der Waals surface area contributed by atoms with Gasteiger partial charge in [-0.1, -0.05) is 0 Å². The first kappa shape index (κ1) is 18.7. The Morgan fingerprint density at radius 2 is 1.52 bits per heavy atom. The van der Waals surface area contributed by atoms with Gasteiger partial charge in [0.2, 0.25) is 0 Å². The fraction of sp³-hybridized carbons (Fsp3) is 0.133. The first-order chi connectivity index (χ1) is 11.5. The van der Waals surface area contributed by atoms with Crippen molar-refractivity contribution in [2.75, 3.05) is 10.8 Å². The molecule has 0 fully saturated rings. The number of carboxylic acid groups (broad SMARTS) is 1. The van der Waals surface area contributed by atoms with Crippen molar-refractivity contribution >= 4 is 21.7 Å². The third kappa shape index (κ3) is 4.27. The maximum Gasteiger partial charge on any atom is 0.416 e. The van der Waals surface area contributed by atoms with Crippen molar-refractivity contribution in [3.63, 3.8) is 0 Å². The van der Waals surface area contributed by atoms with E-state index in [1.54, 1.807) is 0 Å². The zero-order chi connectivity index (χ0) is 18.8. The second kappa shape index (κ2) is 6.71. The van der Waals surface area contributed by atoms with E-state index in [1.165, 1.54) is 0 Å². The lowest BCUT2D eigenvalue weighted by Gasteiger charge is -2.23. The van der Waals surface area contributed by atoms with E-state index in [4.69, 9.17) is 5.11 Å². The minimum absolute atomic E-state index is 0.264. The number of aliphatic carboxylic acids is 1. The van der Waals surface area contributed by atoms with Gasteiger partial charge in [-0.2, -0.15) is 13.2 Å². The van der Waals surface area contributed by atoms with Gasteiger partial charge in [0.15, 0.2) is 0 Å². The molecule has 2 aromatic rings. The highest BCUT2D eigenvalue weighted by atomic mass is 32.2. The standard InChI is InChI=1S/C15H11F4NO4S/c16-11-3-7-13(8-4-11)25(23,24)20(9-14(21)22)12-5-1-10(2-6-12)15(17,18)19/h1-8H,9H2,(H,21,22). The van der Waals surface area contributed by atoms with Crippen molar-refractivity contribution in [1.29, 1.82) is 0 Å². The average molecular weight is 377 g/mol. The Labute approximate surface area is 140 Å². The van der Waals surface area contributed by atoms with Crippen molar-refractivity contribution in [3.05, 3.63) is 59.9 Å². The summed E-state index contributed by atoms with van der Waals surface area (Å²) in [7, 11) is -4.41. The summed E-state index contributed by atoms with van der Waals surface area (Å²) in [5, 5.41) is 8.94. The molecule has 0 saturated heterocycles. The zero-order valence-corrected chi connectivity index (χ0v) is 13.2. The lowest BCUT2D eigenvalue weighted by molar-refractivity contribution is -0.138. The van der Waals surface area contributed by atoms with E-state index in [2.05, 4.69) is 0 Å². The molecule has 2 rings (SSSR count). The molecule has 0 aliphatic heterocycles. The lowest BCUT2D eigenvalue weighted by atomic mass is 10.2. The molecule has 5 nitrogen and oxygen atoms in total. The number of halogens is 4. The molecule has 0 bridgehead atoms. The number of hydrogen-bond acceptors (Lipinski definition) is 3. The molecule has 1 N–H and O–H groups in total. The zero-order valence-electron chi connectivity index (χ0n) is 12.4. The maximum atomic E-state index is 13.0. The molecule has 0 saturated carbocycles. The van der Waals surface area contributed by atoms with Crippen LogP contribution in [0.15, 0.2) is 53.4 Å². The second-order valence-electron chi connectivity index (χ2n) is 4.90. The van der Waals surface area contributed by atoms with E-state index in [0.717, 1.165) is 36.4 Å².